The Morgan fingerprint density at radius 3 is 2.67 bits per heavy atom. The van der Waals surface area contributed by atoms with Gasteiger partial charge in [-0.1, -0.05) is 32.9 Å². The van der Waals surface area contributed by atoms with Crippen molar-refractivity contribution in [2.75, 3.05) is 12.9 Å². The van der Waals surface area contributed by atoms with Gasteiger partial charge in [0.05, 0.1) is 18.6 Å². The van der Waals surface area contributed by atoms with Crippen molar-refractivity contribution in [3.63, 3.8) is 0 Å². The van der Waals surface area contributed by atoms with Crippen molar-refractivity contribution in [2.45, 2.75) is 32.6 Å². The molecular formula is C15H19NO4S. The maximum absolute atomic E-state index is 11.7. The third kappa shape index (κ3) is 3.57. The predicted octanol–water partition coefficient (Wildman–Crippen LogP) is 2.34. The molecular weight excluding hydrogens is 290 g/mol. The number of hydrogen-bond acceptors (Lipinski definition) is 5. The van der Waals surface area contributed by atoms with E-state index in [-0.39, 0.29) is 5.41 Å². The first-order chi connectivity index (χ1) is 9.82. The molecule has 0 aliphatic heterocycles. The molecule has 0 amide bonds. The van der Waals surface area contributed by atoms with Crippen LogP contribution in [0.4, 0.5) is 0 Å². The Morgan fingerprint density at radius 1 is 1.33 bits per heavy atom. The Bertz CT molecular complexity index is 731. The number of para-hydroxylation sites is 1. The summed E-state index contributed by atoms with van der Waals surface area (Å²) in [5, 5.41) is 0.822. The third-order valence-electron chi connectivity index (χ3n) is 3.18. The lowest BCUT2D eigenvalue weighted by atomic mass is 9.89. The topological polar surface area (TPSA) is 69.4 Å². The lowest BCUT2D eigenvalue weighted by Gasteiger charge is -2.19. The van der Waals surface area contributed by atoms with Gasteiger partial charge >= 0.3 is 5.76 Å². The maximum Gasteiger partial charge on any atom is 0.439 e. The number of aromatic nitrogens is 1. The summed E-state index contributed by atoms with van der Waals surface area (Å²) >= 11 is -1.33. The molecule has 2 aromatic rings. The van der Waals surface area contributed by atoms with Gasteiger partial charge in [0.1, 0.15) is 5.58 Å². The highest BCUT2D eigenvalue weighted by atomic mass is 32.2. The van der Waals surface area contributed by atoms with E-state index in [9.17, 15) is 9.00 Å². The summed E-state index contributed by atoms with van der Waals surface area (Å²) in [5.41, 5.74) is 1.81. The molecule has 1 heterocycles. The van der Waals surface area contributed by atoms with Gasteiger partial charge in [-0.25, -0.2) is 9.00 Å². The standard InChI is InChI=1S/C15H19NO4S/c1-15(2,3)13-11-7-5-6-10(8-9-21(18)19-4)12(11)20-14(17)16-13/h5-7H,8-9H2,1-4H3. The van der Waals surface area contributed by atoms with Gasteiger partial charge in [-0.15, -0.1) is 0 Å². The summed E-state index contributed by atoms with van der Waals surface area (Å²) in [6, 6.07) is 5.65. The lowest BCUT2D eigenvalue weighted by Crippen LogP contribution is -2.20. The number of rotatable bonds is 4. The van der Waals surface area contributed by atoms with E-state index < -0.39 is 16.8 Å². The second-order valence-electron chi connectivity index (χ2n) is 5.80. The molecule has 0 fully saturated rings. The average Bonchev–Trinajstić information content (AvgIpc) is 2.42. The van der Waals surface area contributed by atoms with Crippen molar-refractivity contribution < 1.29 is 12.8 Å². The molecule has 6 heteroatoms. The van der Waals surface area contributed by atoms with Crippen molar-refractivity contribution in [3.8, 4) is 0 Å². The lowest BCUT2D eigenvalue weighted by molar-refractivity contribution is 0.445. The molecule has 114 valence electrons. The van der Waals surface area contributed by atoms with E-state index in [1.54, 1.807) is 0 Å². The van der Waals surface area contributed by atoms with E-state index >= 15 is 0 Å². The van der Waals surface area contributed by atoms with E-state index in [4.69, 9.17) is 8.60 Å². The van der Waals surface area contributed by atoms with Crippen molar-refractivity contribution in [3.05, 3.63) is 40.0 Å². The van der Waals surface area contributed by atoms with Gasteiger partial charge in [-0.2, -0.15) is 4.98 Å². The maximum atomic E-state index is 11.7. The SMILES string of the molecule is COS(=O)CCc1cccc2c(C(C)(C)C)nc(=O)oc12. The third-order valence-corrected chi connectivity index (χ3v) is 4.09. The second kappa shape index (κ2) is 6.07. The van der Waals surface area contributed by atoms with Crippen LogP contribution in [0.5, 0.6) is 0 Å². The molecule has 1 unspecified atom stereocenters. The fourth-order valence-electron chi connectivity index (χ4n) is 2.20. The number of hydrogen-bond donors (Lipinski definition) is 0. The van der Waals surface area contributed by atoms with Crippen LogP contribution in [0.2, 0.25) is 0 Å². The highest BCUT2D eigenvalue weighted by molar-refractivity contribution is 7.80. The largest absolute Gasteiger partial charge is 0.439 e. The molecule has 2 rings (SSSR count). The van der Waals surface area contributed by atoms with Crippen LogP contribution in [-0.4, -0.2) is 22.1 Å². The van der Waals surface area contributed by atoms with Crippen LogP contribution in [0.1, 0.15) is 32.0 Å². The number of benzene rings is 1. The molecule has 0 radical (unpaired) electrons. The molecule has 0 saturated carbocycles. The highest BCUT2D eigenvalue weighted by Crippen LogP contribution is 2.28. The van der Waals surface area contributed by atoms with Crippen LogP contribution in [-0.2, 0) is 27.1 Å². The summed E-state index contributed by atoms with van der Waals surface area (Å²) in [6.07, 6.45) is 0.508. The van der Waals surface area contributed by atoms with E-state index in [1.807, 2.05) is 39.0 Å². The molecule has 0 N–H and O–H groups in total. The summed E-state index contributed by atoms with van der Waals surface area (Å²) in [6.45, 7) is 6.00. The molecule has 5 nitrogen and oxygen atoms in total. The highest BCUT2D eigenvalue weighted by Gasteiger charge is 2.21. The zero-order valence-electron chi connectivity index (χ0n) is 12.6. The Hall–Kier alpha value is -1.53. The van der Waals surface area contributed by atoms with Crippen molar-refractivity contribution in [1.82, 2.24) is 4.98 Å². The minimum atomic E-state index is -1.33. The van der Waals surface area contributed by atoms with E-state index in [2.05, 4.69) is 4.98 Å². The van der Waals surface area contributed by atoms with Gasteiger partial charge in [0.25, 0.3) is 0 Å². The van der Waals surface area contributed by atoms with Crippen molar-refractivity contribution in [2.24, 2.45) is 0 Å². The van der Waals surface area contributed by atoms with Crippen LogP contribution in [0, 0.1) is 0 Å². The Balaban J connectivity index is 2.57. The molecule has 1 aromatic heterocycles. The summed E-state index contributed by atoms with van der Waals surface area (Å²) in [4.78, 5) is 15.8. The second-order valence-corrected chi connectivity index (χ2v) is 7.15. The first-order valence-electron chi connectivity index (χ1n) is 6.69. The molecule has 1 atom stereocenters. The van der Waals surface area contributed by atoms with Crippen LogP contribution < -0.4 is 5.76 Å². The Labute approximate surface area is 126 Å². The Kier molecular flexibility index (Phi) is 4.58. The fraction of sp³-hybridized carbons (Fsp3) is 0.467. The molecule has 0 aliphatic rings. The molecule has 0 aliphatic carbocycles. The van der Waals surface area contributed by atoms with E-state index in [0.717, 1.165) is 10.9 Å². The quantitative estimate of drug-likeness (QED) is 0.867. The monoisotopic (exact) mass is 309 g/mol. The normalized spacial score (nSPS) is 13.5. The minimum Gasteiger partial charge on any atom is -0.408 e. The minimum absolute atomic E-state index is 0.262. The molecule has 1 aromatic carbocycles. The first kappa shape index (κ1) is 15.9. The van der Waals surface area contributed by atoms with Crippen LogP contribution >= 0.6 is 0 Å². The van der Waals surface area contributed by atoms with E-state index in [0.29, 0.717) is 23.5 Å². The first-order valence-corrected chi connectivity index (χ1v) is 7.93. The predicted molar refractivity (Wildman–Crippen MR) is 82.7 cm³/mol. The van der Waals surface area contributed by atoms with Crippen molar-refractivity contribution in [1.29, 1.82) is 0 Å². The molecule has 0 bridgehead atoms. The summed E-state index contributed by atoms with van der Waals surface area (Å²) < 4.78 is 21.4. The van der Waals surface area contributed by atoms with Crippen LogP contribution in [0.25, 0.3) is 11.0 Å². The van der Waals surface area contributed by atoms with Crippen LogP contribution in [0.15, 0.2) is 27.4 Å². The number of fused-ring (bicyclic) bond motifs is 1. The van der Waals surface area contributed by atoms with Gasteiger partial charge in [0.2, 0.25) is 0 Å². The average molecular weight is 309 g/mol. The molecule has 0 spiro atoms. The zero-order chi connectivity index (χ0) is 15.6. The van der Waals surface area contributed by atoms with Crippen molar-refractivity contribution >= 4 is 22.0 Å². The van der Waals surface area contributed by atoms with Gasteiger partial charge in [-0.05, 0) is 18.1 Å². The van der Waals surface area contributed by atoms with E-state index in [1.165, 1.54) is 7.11 Å². The molecule has 21 heavy (non-hydrogen) atoms. The Morgan fingerprint density at radius 2 is 2.05 bits per heavy atom. The summed E-state index contributed by atoms with van der Waals surface area (Å²) in [5.74, 6) is -0.250. The number of aryl methyl sites for hydroxylation is 1. The van der Waals surface area contributed by atoms with Gasteiger partial charge in [0.15, 0.2) is 11.1 Å². The van der Waals surface area contributed by atoms with Gasteiger partial charge in [-0.3, -0.25) is 4.18 Å². The fourth-order valence-corrected chi connectivity index (χ4v) is 2.75. The van der Waals surface area contributed by atoms with Crippen LogP contribution in [0.3, 0.4) is 0 Å². The van der Waals surface area contributed by atoms with Gasteiger partial charge < -0.3 is 4.42 Å². The van der Waals surface area contributed by atoms with Gasteiger partial charge in [0, 0.05) is 10.8 Å². The summed E-state index contributed by atoms with van der Waals surface area (Å²) in [7, 11) is 1.40. The number of nitrogens with zero attached hydrogens (tertiary/aromatic N) is 1. The smallest absolute Gasteiger partial charge is 0.408 e. The molecule has 0 saturated heterocycles. The zero-order valence-corrected chi connectivity index (χ0v) is 13.5.